The molecule has 0 amide bonds. The van der Waals surface area contributed by atoms with E-state index in [2.05, 4.69) is 20.7 Å². The second-order valence-electron chi connectivity index (χ2n) is 3.76. The van der Waals surface area contributed by atoms with Gasteiger partial charge in [0.05, 0.1) is 17.4 Å². The first-order valence-electron chi connectivity index (χ1n) is 5.63. The lowest BCUT2D eigenvalue weighted by atomic mass is 10.1. The molecule has 0 spiro atoms. The van der Waals surface area contributed by atoms with Crippen molar-refractivity contribution in [2.24, 2.45) is 0 Å². The number of aryl methyl sites for hydroxylation is 1. The summed E-state index contributed by atoms with van der Waals surface area (Å²) in [6.07, 6.45) is 8.33. The molecule has 2 aromatic heterocycles. The fourth-order valence-corrected chi connectivity index (χ4v) is 2.24. The summed E-state index contributed by atoms with van der Waals surface area (Å²) in [7, 11) is 0. The molecule has 0 unspecified atom stereocenters. The van der Waals surface area contributed by atoms with Crippen LogP contribution < -0.4 is 0 Å². The van der Waals surface area contributed by atoms with Gasteiger partial charge in [-0.3, -0.25) is 4.98 Å². The molecule has 16 heavy (non-hydrogen) atoms. The Bertz CT molecular complexity index is 425. The van der Waals surface area contributed by atoms with Gasteiger partial charge in [-0.05, 0) is 25.0 Å². The van der Waals surface area contributed by atoms with Crippen LogP contribution in [0.3, 0.4) is 0 Å². The minimum Gasteiger partial charge on any atom is -0.264 e. The summed E-state index contributed by atoms with van der Waals surface area (Å²) in [5.41, 5.74) is 3.20. The minimum atomic E-state index is 1.01. The molecule has 0 aliphatic heterocycles. The highest BCUT2D eigenvalue weighted by Gasteiger charge is 2.09. The third kappa shape index (κ3) is 2.64. The van der Waals surface area contributed by atoms with Gasteiger partial charge in [0.15, 0.2) is 0 Å². The van der Waals surface area contributed by atoms with Crippen molar-refractivity contribution >= 4 is 11.7 Å². The summed E-state index contributed by atoms with van der Waals surface area (Å²) < 4.78 is 8.72. The lowest BCUT2D eigenvalue weighted by Crippen LogP contribution is -1.90. The van der Waals surface area contributed by atoms with Crippen molar-refractivity contribution in [3.05, 3.63) is 30.2 Å². The molecule has 84 valence electrons. The van der Waals surface area contributed by atoms with Crippen molar-refractivity contribution in [1.29, 1.82) is 0 Å². The molecule has 0 N–H and O–H groups in total. The number of rotatable bonds is 5. The van der Waals surface area contributed by atoms with Gasteiger partial charge in [0.1, 0.15) is 5.69 Å². The van der Waals surface area contributed by atoms with Crippen LogP contribution in [0.25, 0.3) is 11.3 Å². The summed E-state index contributed by atoms with van der Waals surface area (Å²) in [6, 6.07) is 3.97. The standard InChI is InChI=1S/C12H15N3S/c1-2-3-4-7-11-12(15-16-14-11)10-6-5-8-13-9-10/h5-6,8-9H,2-4,7H2,1H3. The van der Waals surface area contributed by atoms with Gasteiger partial charge in [0, 0.05) is 18.0 Å². The molecular formula is C12H15N3S. The number of aromatic nitrogens is 3. The topological polar surface area (TPSA) is 38.7 Å². The van der Waals surface area contributed by atoms with Gasteiger partial charge in [-0.15, -0.1) is 0 Å². The van der Waals surface area contributed by atoms with Gasteiger partial charge < -0.3 is 0 Å². The second kappa shape index (κ2) is 5.70. The van der Waals surface area contributed by atoms with E-state index in [9.17, 15) is 0 Å². The fraction of sp³-hybridized carbons (Fsp3) is 0.417. The minimum absolute atomic E-state index is 1.01. The summed E-state index contributed by atoms with van der Waals surface area (Å²) in [4.78, 5) is 4.12. The molecule has 2 rings (SSSR count). The zero-order chi connectivity index (χ0) is 11.2. The van der Waals surface area contributed by atoms with Crippen LogP contribution in [0.1, 0.15) is 31.9 Å². The largest absolute Gasteiger partial charge is 0.264 e. The van der Waals surface area contributed by atoms with Crippen molar-refractivity contribution in [2.75, 3.05) is 0 Å². The van der Waals surface area contributed by atoms with Crippen LogP contribution in [0, 0.1) is 0 Å². The van der Waals surface area contributed by atoms with Crippen molar-refractivity contribution in [3.8, 4) is 11.3 Å². The average molecular weight is 233 g/mol. The third-order valence-corrected chi connectivity index (χ3v) is 3.07. The van der Waals surface area contributed by atoms with Crippen molar-refractivity contribution < 1.29 is 0 Å². The van der Waals surface area contributed by atoms with Crippen LogP contribution in [0.2, 0.25) is 0 Å². The van der Waals surface area contributed by atoms with Gasteiger partial charge in [-0.25, -0.2) is 0 Å². The third-order valence-electron chi connectivity index (χ3n) is 2.51. The Morgan fingerprint density at radius 2 is 2.19 bits per heavy atom. The van der Waals surface area contributed by atoms with Crippen LogP contribution in [0.15, 0.2) is 24.5 Å². The molecule has 4 heteroatoms. The van der Waals surface area contributed by atoms with Gasteiger partial charge in [-0.2, -0.15) is 8.75 Å². The zero-order valence-electron chi connectivity index (χ0n) is 9.39. The molecule has 3 nitrogen and oxygen atoms in total. The van der Waals surface area contributed by atoms with Gasteiger partial charge in [0.25, 0.3) is 0 Å². The van der Waals surface area contributed by atoms with E-state index in [4.69, 9.17) is 0 Å². The van der Waals surface area contributed by atoms with E-state index >= 15 is 0 Å². The van der Waals surface area contributed by atoms with Gasteiger partial charge >= 0.3 is 0 Å². The lowest BCUT2D eigenvalue weighted by Gasteiger charge is -2.00. The van der Waals surface area contributed by atoms with Crippen LogP contribution >= 0.6 is 11.7 Å². The van der Waals surface area contributed by atoms with Gasteiger partial charge in [-0.1, -0.05) is 19.8 Å². The van der Waals surface area contributed by atoms with Crippen molar-refractivity contribution in [1.82, 2.24) is 13.7 Å². The molecule has 0 saturated heterocycles. The predicted molar refractivity (Wildman–Crippen MR) is 66.4 cm³/mol. The summed E-state index contributed by atoms with van der Waals surface area (Å²) in [5.74, 6) is 0. The fourth-order valence-electron chi connectivity index (χ4n) is 1.64. The molecule has 0 saturated carbocycles. The molecule has 0 radical (unpaired) electrons. The summed E-state index contributed by atoms with van der Waals surface area (Å²) >= 11 is 1.29. The van der Waals surface area contributed by atoms with E-state index in [0.717, 1.165) is 23.4 Å². The van der Waals surface area contributed by atoms with E-state index in [1.54, 1.807) is 6.20 Å². The summed E-state index contributed by atoms with van der Waals surface area (Å²) in [6.45, 7) is 2.21. The molecule has 2 heterocycles. The van der Waals surface area contributed by atoms with E-state index in [0.29, 0.717) is 0 Å². The van der Waals surface area contributed by atoms with Gasteiger partial charge in [0.2, 0.25) is 0 Å². The molecule has 0 aromatic carbocycles. The first-order chi connectivity index (χ1) is 7.92. The van der Waals surface area contributed by atoms with E-state index in [-0.39, 0.29) is 0 Å². The zero-order valence-corrected chi connectivity index (χ0v) is 10.2. The number of unbranched alkanes of at least 4 members (excludes halogenated alkanes) is 2. The lowest BCUT2D eigenvalue weighted by molar-refractivity contribution is 0.711. The maximum Gasteiger partial charge on any atom is 0.109 e. The van der Waals surface area contributed by atoms with E-state index in [1.807, 2.05) is 18.3 Å². The smallest absolute Gasteiger partial charge is 0.109 e. The van der Waals surface area contributed by atoms with E-state index < -0.39 is 0 Å². The highest BCUT2D eigenvalue weighted by Crippen LogP contribution is 2.22. The molecule has 2 aromatic rings. The number of pyridine rings is 1. The molecular weight excluding hydrogens is 218 g/mol. The van der Waals surface area contributed by atoms with Crippen molar-refractivity contribution in [2.45, 2.75) is 32.6 Å². The Morgan fingerprint density at radius 3 is 2.94 bits per heavy atom. The Balaban J connectivity index is 2.13. The first-order valence-corrected chi connectivity index (χ1v) is 6.36. The Morgan fingerprint density at radius 1 is 1.25 bits per heavy atom. The molecule has 0 aliphatic rings. The Hall–Kier alpha value is -1.29. The van der Waals surface area contributed by atoms with Crippen molar-refractivity contribution in [3.63, 3.8) is 0 Å². The van der Waals surface area contributed by atoms with Crippen LogP contribution in [-0.2, 0) is 6.42 Å². The Kier molecular flexibility index (Phi) is 3.99. The first kappa shape index (κ1) is 11.2. The van der Waals surface area contributed by atoms with Crippen LogP contribution in [0.4, 0.5) is 0 Å². The number of nitrogens with zero attached hydrogens (tertiary/aromatic N) is 3. The highest BCUT2D eigenvalue weighted by molar-refractivity contribution is 6.99. The molecule has 0 fully saturated rings. The molecule has 0 atom stereocenters. The second-order valence-corrected chi connectivity index (χ2v) is 4.29. The normalized spacial score (nSPS) is 10.6. The summed E-state index contributed by atoms with van der Waals surface area (Å²) in [5, 5.41) is 0. The van der Waals surface area contributed by atoms with Crippen LogP contribution in [0.5, 0.6) is 0 Å². The molecule has 0 aliphatic carbocycles. The highest BCUT2D eigenvalue weighted by atomic mass is 32.1. The Labute approximate surface area is 99.9 Å². The number of hydrogen-bond acceptors (Lipinski definition) is 4. The van der Waals surface area contributed by atoms with E-state index in [1.165, 1.54) is 31.0 Å². The molecule has 0 bridgehead atoms. The monoisotopic (exact) mass is 233 g/mol. The number of hydrogen-bond donors (Lipinski definition) is 0. The maximum absolute atomic E-state index is 4.37. The van der Waals surface area contributed by atoms with Crippen LogP contribution in [-0.4, -0.2) is 13.7 Å². The SMILES string of the molecule is CCCCCc1nsnc1-c1cccnc1. The average Bonchev–Trinajstić information content (AvgIpc) is 2.79. The maximum atomic E-state index is 4.37. The predicted octanol–water partition coefficient (Wildman–Crippen LogP) is 3.33. The quantitative estimate of drug-likeness (QED) is 0.743.